The molecule has 0 atom stereocenters. The van der Waals surface area contributed by atoms with Gasteiger partial charge in [-0.15, -0.1) is 0 Å². The van der Waals surface area contributed by atoms with Crippen LogP contribution < -0.4 is 0 Å². The second kappa shape index (κ2) is 4.98. The summed E-state index contributed by atoms with van der Waals surface area (Å²) >= 11 is 0. The first-order chi connectivity index (χ1) is 9.79. The molecule has 0 amide bonds. The molecule has 0 saturated carbocycles. The third-order valence-electron chi connectivity index (χ3n) is 3.16. The van der Waals surface area contributed by atoms with Crippen LogP contribution >= 0.6 is 0 Å². The van der Waals surface area contributed by atoms with Crippen molar-refractivity contribution in [3.05, 3.63) is 66.1 Å². The van der Waals surface area contributed by atoms with Gasteiger partial charge in [0.25, 0.3) is 0 Å². The van der Waals surface area contributed by atoms with Gasteiger partial charge in [-0.3, -0.25) is 0 Å². The maximum absolute atomic E-state index is 9.25. The molecule has 20 heavy (non-hydrogen) atoms. The minimum atomic E-state index is 0.551. The topological polar surface area (TPSA) is 54.5 Å². The Labute approximate surface area is 116 Å². The van der Waals surface area contributed by atoms with Gasteiger partial charge in [0.05, 0.1) is 11.8 Å². The highest BCUT2D eigenvalue weighted by molar-refractivity contribution is 5.62. The lowest BCUT2D eigenvalue weighted by molar-refractivity contribution is 0.841. The van der Waals surface area contributed by atoms with Crippen molar-refractivity contribution in [1.82, 2.24) is 14.8 Å². The fraction of sp³-hybridized carbons (Fsp3) is 0.0625. The summed E-state index contributed by atoms with van der Waals surface area (Å²) in [5, 5.41) is 13.6. The van der Waals surface area contributed by atoms with E-state index in [9.17, 15) is 5.26 Å². The van der Waals surface area contributed by atoms with Gasteiger partial charge in [0.15, 0.2) is 5.82 Å². The van der Waals surface area contributed by atoms with Gasteiger partial charge in [-0.25, -0.2) is 9.67 Å². The van der Waals surface area contributed by atoms with Crippen molar-refractivity contribution in [3.63, 3.8) is 0 Å². The van der Waals surface area contributed by atoms with Gasteiger partial charge in [0.2, 0.25) is 0 Å². The molecule has 3 aromatic rings. The van der Waals surface area contributed by atoms with Crippen LogP contribution in [0.25, 0.3) is 16.9 Å². The number of nitriles is 1. The maximum atomic E-state index is 9.25. The van der Waals surface area contributed by atoms with E-state index in [0.29, 0.717) is 11.4 Å². The van der Waals surface area contributed by atoms with Crippen LogP contribution in [0.2, 0.25) is 0 Å². The number of aromatic nitrogens is 3. The van der Waals surface area contributed by atoms with Crippen LogP contribution in [0, 0.1) is 18.3 Å². The lowest BCUT2D eigenvalue weighted by Gasteiger charge is -2.04. The largest absolute Gasteiger partial charge is 0.236 e. The van der Waals surface area contributed by atoms with Crippen molar-refractivity contribution in [2.75, 3.05) is 0 Å². The Morgan fingerprint density at radius 1 is 1.10 bits per heavy atom. The Bertz CT molecular complexity index is 782. The smallest absolute Gasteiger partial charge is 0.171 e. The third-order valence-corrected chi connectivity index (χ3v) is 3.16. The number of benzene rings is 1. The first-order valence-corrected chi connectivity index (χ1v) is 6.26. The molecule has 0 aliphatic rings. The van der Waals surface area contributed by atoms with E-state index in [0.717, 1.165) is 16.7 Å². The summed E-state index contributed by atoms with van der Waals surface area (Å²) in [7, 11) is 0. The summed E-state index contributed by atoms with van der Waals surface area (Å²) in [5.41, 5.74) is 3.53. The zero-order valence-electron chi connectivity index (χ0n) is 11.0. The van der Waals surface area contributed by atoms with E-state index in [1.807, 2.05) is 49.5 Å². The Morgan fingerprint density at radius 3 is 2.65 bits per heavy atom. The average Bonchev–Trinajstić information content (AvgIpc) is 2.97. The molecule has 0 unspecified atom stereocenters. The van der Waals surface area contributed by atoms with Crippen molar-refractivity contribution in [3.8, 4) is 23.0 Å². The first kappa shape index (κ1) is 12.1. The van der Waals surface area contributed by atoms with Crippen LogP contribution in [0.1, 0.15) is 11.1 Å². The zero-order valence-corrected chi connectivity index (χ0v) is 11.0. The standard InChI is InChI=1S/C16H12N4/c1-12-7-8-18-16(15(12)9-17)20-11-14(10-19-20)13-5-3-2-4-6-13/h2-8,10-11H,1H3. The molecule has 0 bridgehead atoms. The van der Waals surface area contributed by atoms with Gasteiger partial charge in [-0.1, -0.05) is 30.3 Å². The highest BCUT2D eigenvalue weighted by Crippen LogP contribution is 2.21. The number of pyridine rings is 1. The van der Waals surface area contributed by atoms with Gasteiger partial charge >= 0.3 is 0 Å². The Morgan fingerprint density at radius 2 is 1.90 bits per heavy atom. The Balaban J connectivity index is 2.08. The van der Waals surface area contributed by atoms with Crippen molar-refractivity contribution >= 4 is 0 Å². The number of hydrogen-bond acceptors (Lipinski definition) is 3. The van der Waals surface area contributed by atoms with E-state index in [1.54, 1.807) is 17.1 Å². The quantitative estimate of drug-likeness (QED) is 0.711. The number of rotatable bonds is 2. The van der Waals surface area contributed by atoms with Gasteiger partial charge in [0, 0.05) is 18.0 Å². The molecular weight excluding hydrogens is 248 g/mol. The van der Waals surface area contributed by atoms with Crippen LogP contribution in [0.3, 0.4) is 0 Å². The molecule has 4 heteroatoms. The van der Waals surface area contributed by atoms with E-state index in [-0.39, 0.29) is 0 Å². The van der Waals surface area contributed by atoms with E-state index in [4.69, 9.17) is 0 Å². The molecule has 0 aliphatic carbocycles. The molecule has 4 nitrogen and oxygen atoms in total. The summed E-state index contributed by atoms with van der Waals surface area (Å²) in [6.45, 7) is 1.89. The molecule has 0 N–H and O–H groups in total. The minimum absolute atomic E-state index is 0.551. The van der Waals surface area contributed by atoms with Gasteiger partial charge < -0.3 is 0 Å². The minimum Gasteiger partial charge on any atom is -0.236 e. The second-order valence-corrected chi connectivity index (χ2v) is 4.48. The van der Waals surface area contributed by atoms with Gasteiger partial charge in [-0.05, 0) is 24.1 Å². The molecule has 2 aromatic heterocycles. The number of nitrogens with zero attached hydrogens (tertiary/aromatic N) is 4. The van der Waals surface area contributed by atoms with Crippen LogP contribution in [0.5, 0.6) is 0 Å². The highest BCUT2D eigenvalue weighted by atomic mass is 15.3. The summed E-state index contributed by atoms with van der Waals surface area (Å²) in [6.07, 6.45) is 5.35. The predicted octanol–water partition coefficient (Wildman–Crippen LogP) is 3.11. The molecular formula is C16H12N4. The van der Waals surface area contributed by atoms with E-state index in [1.165, 1.54) is 0 Å². The number of aryl methyl sites for hydroxylation is 1. The van der Waals surface area contributed by atoms with Crippen molar-refractivity contribution in [2.45, 2.75) is 6.92 Å². The third kappa shape index (κ3) is 2.06. The van der Waals surface area contributed by atoms with Gasteiger partial charge in [0.1, 0.15) is 6.07 Å². The van der Waals surface area contributed by atoms with Crippen LogP contribution in [0.15, 0.2) is 55.0 Å². The van der Waals surface area contributed by atoms with E-state index >= 15 is 0 Å². The first-order valence-electron chi connectivity index (χ1n) is 6.26. The Kier molecular flexibility index (Phi) is 3.02. The summed E-state index contributed by atoms with van der Waals surface area (Å²) in [5.74, 6) is 0.565. The van der Waals surface area contributed by atoms with Gasteiger partial charge in [-0.2, -0.15) is 10.4 Å². The highest BCUT2D eigenvalue weighted by Gasteiger charge is 2.10. The molecule has 0 aliphatic heterocycles. The van der Waals surface area contributed by atoms with Crippen molar-refractivity contribution in [2.24, 2.45) is 0 Å². The van der Waals surface area contributed by atoms with Crippen LogP contribution in [0.4, 0.5) is 0 Å². The lowest BCUT2D eigenvalue weighted by Crippen LogP contribution is -2.02. The second-order valence-electron chi connectivity index (χ2n) is 4.48. The molecule has 0 fully saturated rings. The summed E-state index contributed by atoms with van der Waals surface area (Å²) < 4.78 is 1.65. The molecule has 96 valence electrons. The van der Waals surface area contributed by atoms with Crippen molar-refractivity contribution in [1.29, 1.82) is 5.26 Å². The fourth-order valence-electron chi connectivity index (χ4n) is 2.07. The normalized spacial score (nSPS) is 10.2. The molecule has 1 aromatic carbocycles. The SMILES string of the molecule is Cc1ccnc(-n2cc(-c3ccccc3)cn2)c1C#N. The lowest BCUT2D eigenvalue weighted by atomic mass is 10.1. The average molecular weight is 260 g/mol. The predicted molar refractivity (Wildman–Crippen MR) is 76.2 cm³/mol. The van der Waals surface area contributed by atoms with E-state index in [2.05, 4.69) is 16.2 Å². The molecule has 3 rings (SSSR count). The summed E-state index contributed by atoms with van der Waals surface area (Å²) in [4.78, 5) is 4.27. The van der Waals surface area contributed by atoms with Crippen LogP contribution in [-0.4, -0.2) is 14.8 Å². The molecule has 2 heterocycles. The number of hydrogen-bond donors (Lipinski definition) is 0. The zero-order chi connectivity index (χ0) is 13.9. The monoisotopic (exact) mass is 260 g/mol. The molecule has 0 spiro atoms. The van der Waals surface area contributed by atoms with Crippen molar-refractivity contribution < 1.29 is 0 Å². The van der Waals surface area contributed by atoms with Crippen LogP contribution in [-0.2, 0) is 0 Å². The van der Waals surface area contributed by atoms with E-state index < -0.39 is 0 Å². The fourth-order valence-corrected chi connectivity index (χ4v) is 2.07. The molecule has 0 radical (unpaired) electrons. The maximum Gasteiger partial charge on any atom is 0.171 e. The summed E-state index contributed by atoms with van der Waals surface area (Å²) in [6, 6.07) is 14.0. The molecule has 0 saturated heterocycles. The Hall–Kier alpha value is -2.93.